The fraction of sp³-hybridized carbons (Fsp3) is 0.440. The van der Waals surface area contributed by atoms with Gasteiger partial charge in [-0.1, -0.05) is 17.3 Å². The van der Waals surface area contributed by atoms with E-state index in [1.165, 1.54) is 0 Å². The van der Waals surface area contributed by atoms with Crippen molar-refractivity contribution in [3.8, 4) is 11.3 Å². The zero-order valence-corrected chi connectivity index (χ0v) is 19.0. The maximum absolute atomic E-state index is 12.4. The molecule has 4 rings (SSSR count). The van der Waals surface area contributed by atoms with Gasteiger partial charge < -0.3 is 14.7 Å². The van der Waals surface area contributed by atoms with Crippen LogP contribution in [0.5, 0.6) is 0 Å². The van der Waals surface area contributed by atoms with E-state index in [9.17, 15) is 4.79 Å². The van der Waals surface area contributed by atoms with Gasteiger partial charge in [0.1, 0.15) is 6.33 Å². The van der Waals surface area contributed by atoms with Gasteiger partial charge in [-0.25, -0.2) is 9.97 Å². The summed E-state index contributed by atoms with van der Waals surface area (Å²) >= 11 is 0. The molecule has 1 saturated carbocycles. The molecular formula is C25H31N5O2. The Morgan fingerprint density at radius 2 is 1.91 bits per heavy atom. The zero-order valence-electron chi connectivity index (χ0n) is 19.0. The van der Waals surface area contributed by atoms with Crippen LogP contribution in [0.2, 0.25) is 0 Å². The molecule has 0 radical (unpaired) electrons. The number of nitrogens with zero attached hydrogens (tertiary/aromatic N) is 4. The molecule has 168 valence electrons. The molecule has 2 heterocycles. The number of rotatable bonds is 7. The Bertz CT molecular complexity index is 1040. The molecule has 7 heteroatoms. The Morgan fingerprint density at radius 1 is 1.16 bits per heavy atom. The van der Waals surface area contributed by atoms with Crippen LogP contribution < -0.4 is 10.2 Å². The first-order valence-corrected chi connectivity index (χ1v) is 11.3. The number of aromatic nitrogens is 3. The van der Waals surface area contributed by atoms with Gasteiger partial charge in [-0.3, -0.25) is 4.79 Å². The van der Waals surface area contributed by atoms with Gasteiger partial charge in [-0.05, 0) is 56.2 Å². The van der Waals surface area contributed by atoms with Crippen molar-refractivity contribution in [1.82, 2.24) is 20.4 Å². The van der Waals surface area contributed by atoms with Crippen molar-refractivity contribution < 1.29 is 9.32 Å². The molecule has 1 N–H and O–H groups in total. The summed E-state index contributed by atoms with van der Waals surface area (Å²) in [7, 11) is 4.02. The number of aryl methyl sites for hydroxylation is 1. The molecule has 0 unspecified atom stereocenters. The second-order valence-electron chi connectivity index (χ2n) is 8.91. The second kappa shape index (κ2) is 9.94. The Hall–Kier alpha value is -3.22. The van der Waals surface area contributed by atoms with Crippen LogP contribution in [0.15, 0.2) is 47.4 Å². The molecule has 1 aromatic carbocycles. The summed E-state index contributed by atoms with van der Waals surface area (Å²) in [5.74, 6) is 1.69. The number of benzene rings is 1. The first-order chi connectivity index (χ1) is 15.5. The Morgan fingerprint density at radius 3 is 2.56 bits per heavy atom. The van der Waals surface area contributed by atoms with E-state index in [1.807, 2.05) is 57.5 Å². The lowest BCUT2D eigenvalue weighted by Crippen LogP contribution is -2.32. The van der Waals surface area contributed by atoms with Crippen LogP contribution in [-0.4, -0.2) is 41.7 Å². The standard InChI is InChI=1S/C25H31N5O2/c1-17-12-23(32-29-17)22-15-26-16-28-25(22)20-8-4-19(5-9-20)14-27-24(31)13-18-6-10-21(11-7-18)30(2)3/h6-7,10-12,15-16,19-20H,4-5,8-9,13-14H2,1-3H3,(H,27,31). The number of hydrogen-bond donors (Lipinski definition) is 1. The molecular weight excluding hydrogens is 402 g/mol. The van der Waals surface area contributed by atoms with Crippen molar-refractivity contribution in [3.63, 3.8) is 0 Å². The second-order valence-corrected chi connectivity index (χ2v) is 8.91. The van der Waals surface area contributed by atoms with E-state index in [4.69, 9.17) is 4.52 Å². The Balaban J connectivity index is 1.27. The lowest BCUT2D eigenvalue weighted by atomic mass is 9.79. The van der Waals surface area contributed by atoms with Crippen LogP contribution in [0, 0.1) is 12.8 Å². The van der Waals surface area contributed by atoms with Crippen LogP contribution in [0.3, 0.4) is 0 Å². The minimum absolute atomic E-state index is 0.0866. The Kier molecular flexibility index (Phi) is 6.83. The SMILES string of the molecule is Cc1cc(-c2cncnc2C2CCC(CNC(=O)Cc3ccc(N(C)C)cc3)CC2)on1. The summed E-state index contributed by atoms with van der Waals surface area (Å²) in [5.41, 5.74) is 5.00. The van der Waals surface area contributed by atoms with E-state index in [0.717, 1.165) is 66.2 Å². The molecule has 7 nitrogen and oxygen atoms in total. The summed E-state index contributed by atoms with van der Waals surface area (Å²) in [4.78, 5) is 23.2. The summed E-state index contributed by atoms with van der Waals surface area (Å²) < 4.78 is 5.45. The van der Waals surface area contributed by atoms with Crippen LogP contribution in [-0.2, 0) is 11.2 Å². The van der Waals surface area contributed by atoms with Crippen molar-refractivity contribution in [2.45, 2.75) is 44.9 Å². The summed E-state index contributed by atoms with van der Waals surface area (Å²) in [5, 5.41) is 7.14. The third-order valence-electron chi connectivity index (χ3n) is 6.28. The number of anilines is 1. The predicted octanol–water partition coefficient (Wildman–Crippen LogP) is 4.14. The lowest BCUT2D eigenvalue weighted by molar-refractivity contribution is -0.120. The van der Waals surface area contributed by atoms with Gasteiger partial charge in [0.25, 0.3) is 0 Å². The molecule has 0 atom stereocenters. The molecule has 32 heavy (non-hydrogen) atoms. The van der Waals surface area contributed by atoms with Gasteiger partial charge in [0.15, 0.2) is 5.76 Å². The molecule has 0 saturated heterocycles. The van der Waals surface area contributed by atoms with Crippen LogP contribution in [0.4, 0.5) is 5.69 Å². The van der Waals surface area contributed by atoms with Crippen molar-refractivity contribution in [1.29, 1.82) is 0 Å². The van der Waals surface area contributed by atoms with Gasteiger partial charge in [0.05, 0.1) is 23.4 Å². The zero-order chi connectivity index (χ0) is 22.5. The van der Waals surface area contributed by atoms with Gasteiger partial charge in [-0.2, -0.15) is 0 Å². The van der Waals surface area contributed by atoms with Gasteiger partial charge in [0, 0.05) is 44.5 Å². The molecule has 1 amide bonds. The van der Waals surface area contributed by atoms with E-state index in [1.54, 1.807) is 6.33 Å². The summed E-state index contributed by atoms with van der Waals surface area (Å²) in [6, 6.07) is 10.1. The van der Waals surface area contributed by atoms with Crippen molar-refractivity contribution >= 4 is 11.6 Å². The average molecular weight is 434 g/mol. The molecule has 0 bridgehead atoms. The van der Waals surface area contributed by atoms with E-state index in [0.29, 0.717) is 18.3 Å². The highest BCUT2D eigenvalue weighted by Crippen LogP contribution is 2.38. The number of carbonyl (C=O) groups is 1. The monoisotopic (exact) mass is 433 g/mol. The minimum atomic E-state index is 0.0866. The molecule has 2 aromatic heterocycles. The Labute approximate surface area is 189 Å². The van der Waals surface area contributed by atoms with Crippen molar-refractivity contribution in [3.05, 3.63) is 59.8 Å². The van der Waals surface area contributed by atoms with Crippen molar-refractivity contribution in [2.75, 3.05) is 25.5 Å². The van der Waals surface area contributed by atoms with Crippen LogP contribution in [0.1, 0.15) is 48.6 Å². The first-order valence-electron chi connectivity index (χ1n) is 11.3. The maximum atomic E-state index is 12.4. The number of nitrogens with one attached hydrogen (secondary N) is 1. The first kappa shape index (κ1) is 22.0. The lowest BCUT2D eigenvalue weighted by Gasteiger charge is -2.29. The van der Waals surface area contributed by atoms with E-state index < -0.39 is 0 Å². The molecule has 1 aliphatic rings. The molecule has 1 aliphatic carbocycles. The molecule has 1 fully saturated rings. The molecule has 0 aliphatic heterocycles. The van der Waals surface area contributed by atoms with E-state index >= 15 is 0 Å². The highest BCUT2D eigenvalue weighted by molar-refractivity contribution is 5.78. The van der Waals surface area contributed by atoms with Crippen molar-refractivity contribution in [2.24, 2.45) is 5.92 Å². The molecule has 3 aromatic rings. The van der Waals surface area contributed by atoms with Gasteiger partial charge >= 0.3 is 0 Å². The largest absolute Gasteiger partial charge is 0.378 e. The number of carbonyl (C=O) groups excluding carboxylic acids is 1. The topological polar surface area (TPSA) is 84.2 Å². The summed E-state index contributed by atoms with van der Waals surface area (Å²) in [6.07, 6.45) is 8.08. The highest BCUT2D eigenvalue weighted by atomic mass is 16.5. The van der Waals surface area contributed by atoms with Gasteiger partial charge in [-0.15, -0.1) is 0 Å². The fourth-order valence-electron chi connectivity index (χ4n) is 4.40. The number of hydrogen-bond acceptors (Lipinski definition) is 6. The average Bonchev–Trinajstić information content (AvgIpc) is 3.24. The smallest absolute Gasteiger partial charge is 0.224 e. The van der Waals surface area contributed by atoms with Crippen LogP contribution in [0.25, 0.3) is 11.3 Å². The summed E-state index contributed by atoms with van der Waals surface area (Å²) in [6.45, 7) is 2.65. The minimum Gasteiger partial charge on any atom is -0.378 e. The van der Waals surface area contributed by atoms with E-state index in [2.05, 4.69) is 25.3 Å². The third-order valence-corrected chi connectivity index (χ3v) is 6.28. The molecule has 0 spiro atoms. The van der Waals surface area contributed by atoms with Gasteiger partial charge in [0.2, 0.25) is 5.91 Å². The highest BCUT2D eigenvalue weighted by Gasteiger charge is 2.26. The van der Waals surface area contributed by atoms with Crippen LogP contribution >= 0.6 is 0 Å². The van der Waals surface area contributed by atoms with E-state index in [-0.39, 0.29) is 5.91 Å². The predicted molar refractivity (Wildman–Crippen MR) is 124 cm³/mol. The fourth-order valence-corrected chi connectivity index (χ4v) is 4.40. The quantitative estimate of drug-likeness (QED) is 0.603. The maximum Gasteiger partial charge on any atom is 0.224 e. The normalized spacial score (nSPS) is 18.3. The third kappa shape index (κ3) is 5.33. The number of amides is 1.